The van der Waals surface area contributed by atoms with Gasteiger partial charge in [-0.25, -0.2) is 4.39 Å². The first-order valence-corrected chi connectivity index (χ1v) is 6.21. The summed E-state index contributed by atoms with van der Waals surface area (Å²) < 4.78 is 14.4. The number of aryl methyl sites for hydroxylation is 1. The molecule has 0 aliphatic rings. The van der Waals surface area contributed by atoms with Gasteiger partial charge in [0.05, 0.1) is 4.70 Å². The Kier molecular flexibility index (Phi) is 2.79. The average Bonchev–Trinajstić information content (AvgIpc) is 2.62. The van der Waals surface area contributed by atoms with E-state index in [4.69, 9.17) is 0 Å². The Hall–Kier alpha value is -0.890. The SMILES string of the molecule is CCc1csc2c(F)ccc(C(C)C)c12. The fraction of sp³-hybridized carbons (Fsp3) is 0.385. The zero-order chi connectivity index (χ0) is 11.0. The zero-order valence-corrected chi connectivity index (χ0v) is 10.1. The third kappa shape index (κ3) is 1.67. The van der Waals surface area contributed by atoms with Crippen molar-refractivity contribution in [2.24, 2.45) is 0 Å². The molecule has 2 heteroatoms. The van der Waals surface area contributed by atoms with Crippen molar-refractivity contribution in [2.75, 3.05) is 0 Å². The van der Waals surface area contributed by atoms with E-state index in [1.165, 1.54) is 22.5 Å². The molecule has 0 unspecified atom stereocenters. The van der Waals surface area contributed by atoms with Crippen LogP contribution in [0.1, 0.15) is 37.8 Å². The largest absolute Gasteiger partial charge is 0.205 e. The van der Waals surface area contributed by atoms with Gasteiger partial charge in [-0.05, 0) is 34.9 Å². The average molecular weight is 222 g/mol. The molecule has 1 aromatic carbocycles. The van der Waals surface area contributed by atoms with Crippen molar-refractivity contribution in [1.29, 1.82) is 0 Å². The predicted molar refractivity (Wildman–Crippen MR) is 65.3 cm³/mol. The second-order valence-electron chi connectivity index (χ2n) is 4.11. The first-order chi connectivity index (χ1) is 7.15. The van der Waals surface area contributed by atoms with Gasteiger partial charge in [0, 0.05) is 5.39 Å². The van der Waals surface area contributed by atoms with E-state index in [2.05, 4.69) is 26.2 Å². The highest BCUT2D eigenvalue weighted by Gasteiger charge is 2.13. The summed E-state index contributed by atoms with van der Waals surface area (Å²) in [5.41, 5.74) is 2.54. The fourth-order valence-electron chi connectivity index (χ4n) is 1.95. The molecule has 2 rings (SSSR count). The van der Waals surface area contributed by atoms with Crippen LogP contribution in [0.15, 0.2) is 17.5 Å². The van der Waals surface area contributed by atoms with Gasteiger partial charge in [0.2, 0.25) is 0 Å². The van der Waals surface area contributed by atoms with Gasteiger partial charge in [-0.15, -0.1) is 11.3 Å². The summed E-state index contributed by atoms with van der Waals surface area (Å²) in [4.78, 5) is 0. The molecule has 0 N–H and O–H groups in total. The van der Waals surface area contributed by atoms with Gasteiger partial charge in [-0.2, -0.15) is 0 Å². The molecule has 0 amide bonds. The number of hydrogen-bond acceptors (Lipinski definition) is 1. The highest BCUT2D eigenvalue weighted by atomic mass is 32.1. The maximum Gasteiger partial charge on any atom is 0.141 e. The summed E-state index contributed by atoms with van der Waals surface area (Å²) in [5.74, 6) is 0.368. The Labute approximate surface area is 93.7 Å². The minimum absolute atomic E-state index is 0.0842. The maximum absolute atomic E-state index is 13.6. The van der Waals surface area contributed by atoms with Gasteiger partial charge < -0.3 is 0 Å². The first-order valence-electron chi connectivity index (χ1n) is 5.33. The van der Waals surface area contributed by atoms with Crippen LogP contribution in [0.2, 0.25) is 0 Å². The summed E-state index contributed by atoms with van der Waals surface area (Å²) in [6.07, 6.45) is 0.975. The molecule has 0 fully saturated rings. The standard InChI is InChI=1S/C13H15FS/c1-4-9-7-15-13-11(14)6-5-10(8(2)3)12(9)13/h5-8H,4H2,1-3H3. The van der Waals surface area contributed by atoms with Crippen molar-refractivity contribution >= 4 is 21.4 Å². The van der Waals surface area contributed by atoms with Crippen LogP contribution in [-0.4, -0.2) is 0 Å². The second kappa shape index (κ2) is 3.93. The molecule has 0 atom stereocenters. The molecule has 15 heavy (non-hydrogen) atoms. The van der Waals surface area contributed by atoms with Gasteiger partial charge in [0.25, 0.3) is 0 Å². The molecule has 0 spiro atoms. The fourth-order valence-corrected chi connectivity index (χ4v) is 3.04. The molecule has 0 aliphatic heterocycles. The molecule has 80 valence electrons. The zero-order valence-electron chi connectivity index (χ0n) is 9.30. The quantitative estimate of drug-likeness (QED) is 0.689. The normalized spacial score (nSPS) is 11.5. The number of halogens is 1. The Morgan fingerprint density at radius 1 is 1.33 bits per heavy atom. The van der Waals surface area contributed by atoms with Crippen molar-refractivity contribution in [3.63, 3.8) is 0 Å². The minimum Gasteiger partial charge on any atom is -0.205 e. The lowest BCUT2D eigenvalue weighted by Crippen LogP contribution is -1.91. The summed E-state index contributed by atoms with van der Waals surface area (Å²) >= 11 is 1.52. The summed E-state index contributed by atoms with van der Waals surface area (Å²) in [6, 6.07) is 3.52. The van der Waals surface area contributed by atoms with E-state index >= 15 is 0 Å². The van der Waals surface area contributed by atoms with Gasteiger partial charge in [0.15, 0.2) is 0 Å². The molecular weight excluding hydrogens is 207 g/mol. The second-order valence-corrected chi connectivity index (χ2v) is 4.99. The van der Waals surface area contributed by atoms with E-state index in [1.54, 1.807) is 6.07 Å². The van der Waals surface area contributed by atoms with Gasteiger partial charge in [-0.1, -0.05) is 26.8 Å². The minimum atomic E-state index is -0.0842. The van der Waals surface area contributed by atoms with Crippen molar-refractivity contribution in [3.05, 3.63) is 34.5 Å². The summed E-state index contributed by atoms with van der Waals surface area (Å²) in [5, 5.41) is 3.23. The Balaban J connectivity index is 2.81. The van der Waals surface area contributed by atoms with Crippen molar-refractivity contribution in [1.82, 2.24) is 0 Å². The van der Waals surface area contributed by atoms with E-state index in [9.17, 15) is 4.39 Å². The van der Waals surface area contributed by atoms with Crippen LogP contribution in [0.3, 0.4) is 0 Å². The van der Waals surface area contributed by atoms with Crippen LogP contribution in [0.25, 0.3) is 10.1 Å². The molecule has 0 radical (unpaired) electrons. The number of hydrogen-bond donors (Lipinski definition) is 0. The molecule has 0 saturated carbocycles. The number of benzene rings is 1. The van der Waals surface area contributed by atoms with E-state index in [0.717, 1.165) is 16.5 Å². The number of fused-ring (bicyclic) bond motifs is 1. The first kappa shape index (κ1) is 10.6. The highest BCUT2D eigenvalue weighted by molar-refractivity contribution is 7.17. The van der Waals surface area contributed by atoms with Crippen LogP contribution < -0.4 is 0 Å². The smallest absolute Gasteiger partial charge is 0.141 e. The van der Waals surface area contributed by atoms with Crippen molar-refractivity contribution in [2.45, 2.75) is 33.1 Å². The lowest BCUT2D eigenvalue weighted by atomic mass is 9.96. The van der Waals surface area contributed by atoms with Crippen LogP contribution >= 0.6 is 11.3 Å². The number of thiophene rings is 1. The van der Waals surface area contributed by atoms with E-state index in [0.29, 0.717) is 5.92 Å². The molecule has 2 aromatic rings. The molecule has 1 aromatic heterocycles. The third-order valence-electron chi connectivity index (χ3n) is 2.78. The van der Waals surface area contributed by atoms with Gasteiger partial charge in [0.1, 0.15) is 5.82 Å². The lowest BCUT2D eigenvalue weighted by Gasteiger charge is -2.09. The topological polar surface area (TPSA) is 0 Å². The molecule has 0 aliphatic carbocycles. The van der Waals surface area contributed by atoms with Crippen LogP contribution in [0.5, 0.6) is 0 Å². The predicted octanol–water partition coefficient (Wildman–Crippen LogP) is 4.73. The van der Waals surface area contributed by atoms with Gasteiger partial charge in [-0.3, -0.25) is 0 Å². The highest BCUT2D eigenvalue weighted by Crippen LogP contribution is 2.34. The lowest BCUT2D eigenvalue weighted by molar-refractivity contribution is 0.640. The van der Waals surface area contributed by atoms with Crippen molar-refractivity contribution < 1.29 is 4.39 Å². The Bertz CT molecular complexity index is 482. The van der Waals surface area contributed by atoms with E-state index < -0.39 is 0 Å². The molecule has 0 saturated heterocycles. The maximum atomic E-state index is 13.6. The molecular formula is C13H15FS. The van der Waals surface area contributed by atoms with Crippen LogP contribution in [0, 0.1) is 5.82 Å². The number of rotatable bonds is 2. The Morgan fingerprint density at radius 3 is 2.67 bits per heavy atom. The monoisotopic (exact) mass is 222 g/mol. The van der Waals surface area contributed by atoms with Crippen LogP contribution in [0.4, 0.5) is 4.39 Å². The molecule has 0 nitrogen and oxygen atoms in total. The Morgan fingerprint density at radius 2 is 2.07 bits per heavy atom. The third-order valence-corrected chi connectivity index (χ3v) is 3.82. The van der Waals surface area contributed by atoms with E-state index in [1.807, 2.05) is 6.07 Å². The van der Waals surface area contributed by atoms with E-state index in [-0.39, 0.29) is 5.82 Å². The summed E-state index contributed by atoms with van der Waals surface area (Å²) in [6.45, 7) is 6.43. The molecule has 1 heterocycles. The van der Waals surface area contributed by atoms with Crippen LogP contribution in [-0.2, 0) is 6.42 Å². The van der Waals surface area contributed by atoms with Gasteiger partial charge >= 0.3 is 0 Å². The summed E-state index contributed by atoms with van der Waals surface area (Å²) in [7, 11) is 0. The molecule has 0 bridgehead atoms. The van der Waals surface area contributed by atoms with Crippen molar-refractivity contribution in [3.8, 4) is 0 Å².